The van der Waals surface area contributed by atoms with E-state index in [-0.39, 0.29) is 11.7 Å². The number of benzene rings is 2. The van der Waals surface area contributed by atoms with Crippen LogP contribution in [0.1, 0.15) is 24.2 Å². The lowest BCUT2D eigenvalue weighted by atomic mass is 10.1. The number of hydrogen-bond acceptors (Lipinski definition) is 7. The van der Waals surface area contributed by atoms with Crippen LogP contribution in [0, 0.1) is 5.92 Å². The Hall–Kier alpha value is -2.43. The fraction of sp³-hybridized carbons (Fsp3) is 0.300. The second kappa shape index (κ2) is 9.15. The van der Waals surface area contributed by atoms with Gasteiger partial charge in [0.1, 0.15) is 6.04 Å². The van der Waals surface area contributed by atoms with Gasteiger partial charge in [0.15, 0.2) is 23.9 Å². The fourth-order valence-corrected chi connectivity index (χ4v) is 4.28. The molecule has 1 atom stereocenters. The van der Waals surface area contributed by atoms with Crippen LogP contribution in [-0.2, 0) is 19.6 Å². The van der Waals surface area contributed by atoms with Gasteiger partial charge in [-0.25, -0.2) is 8.42 Å². The number of carbonyl (C=O) groups is 2. The van der Waals surface area contributed by atoms with Crippen molar-refractivity contribution in [2.75, 3.05) is 13.4 Å². The average molecular weight is 498 g/mol. The van der Waals surface area contributed by atoms with Crippen molar-refractivity contribution in [2.45, 2.75) is 24.8 Å². The number of carbonyl (C=O) groups excluding carboxylic acids is 2. The van der Waals surface area contributed by atoms with Crippen molar-refractivity contribution in [2.24, 2.45) is 5.92 Å². The molecule has 1 heterocycles. The molecule has 0 bridgehead atoms. The number of ether oxygens (including phenoxy) is 3. The van der Waals surface area contributed by atoms with E-state index in [1.807, 2.05) is 0 Å². The Morgan fingerprint density at radius 1 is 1.10 bits per heavy atom. The molecule has 1 aliphatic rings. The Morgan fingerprint density at radius 3 is 2.43 bits per heavy atom. The smallest absolute Gasteiger partial charge is 0.324 e. The van der Waals surface area contributed by atoms with Crippen LogP contribution >= 0.6 is 15.9 Å². The highest BCUT2D eigenvalue weighted by Crippen LogP contribution is 2.32. The van der Waals surface area contributed by atoms with Crippen molar-refractivity contribution in [3.8, 4) is 11.5 Å². The molecular formula is C20H20BrNO7S. The monoisotopic (exact) mass is 497 g/mol. The van der Waals surface area contributed by atoms with Crippen molar-refractivity contribution in [1.29, 1.82) is 0 Å². The van der Waals surface area contributed by atoms with Crippen molar-refractivity contribution < 1.29 is 32.2 Å². The van der Waals surface area contributed by atoms with Crippen LogP contribution in [0.25, 0.3) is 0 Å². The summed E-state index contributed by atoms with van der Waals surface area (Å²) in [6, 6.07) is 9.50. The lowest BCUT2D eigenvalue weighted by molar-refractivity contribution is -0.145. The lowest BCUT2D eigenvalue weighted by Gasteiger charge is -2.20. The van der Waals surface area contributed by atoms with Gasteiger partial charge in [0.2, 0.25) is 16.8 Å². The minimum absolute atomic E-state index is 0.0144. The van der Waals surface area contributed by atoms with Crippen LogP contribution in [0.3, 0.4) is 0 Å². The Bertz CT molecular complexity index is 1050. The maximum Gasteiger partial charge on any atom is 0.324 e. The Balaban J connectivity index is 1.65. The number of sulfonamides is 1. The number of hydrogen-bond donors (Lipinski definition) is 1. The van der Waals surface area contributed by atoms with Crippen molar-refractivity contribution >= 4 is 37.7 Å². The zero-order valence-electron chi connectivity index (χ0n) is 16.3. The van der Waals surface area contributed by atoms with Gasteiger partial charge in [0.25, 0.3) is 0 Å². The van der Waals surface area contributed by atoms with Gasteiger partial charge >= 0.3 is 5.97 Å². The van der Waals surface area contributed by atoms with Crippen LogP contribution < -0.4 is 14.2 Å². The number of esters is 1. The summed E-state index contributed by atoms with van der Waals surface area (Å²) in [6.45, 7) is 2.91. The van der Waals surface area contributed by atoms with Gasteiger partial charge in [0.05, 0.1) is 4.90 Å². The second-order valence-electron chi connectivity index (χ2n) is 6.90. The van der Waals surface area contributed by atoms with Crippen LogP contribution in [0.2, 0.25) is 0 Å². The molecule has 0 saturated carbocycles. The molecule has 2 aromatic carbocycles. The van der Waals surface area contributed by atoms with Crippen LogP contribution in [-0.4, -0.2) is 39.6 Å². The van der Waals surface area contributed by atoms with E-state index in [9.17, 15) is 18.0 Å². The summed E-state index contributed by atoms with van der Waals surface area (Å²) in [5.41, 5.74) is 0.295. The van der Waals surface area contributed by atoms with Gasteiger partial charge in [-0.05, 0) is 48.4 Å². The third kappa shape index (κ3) is 5.18. The van der Waals surface area contributed by atoms with E-state index in [0.29, 0.717) is 17.1 Å². The molecule has 8 nitrogen and oxygen atoms in total. The van der Waals surface area contributed by atoms with Crippen molar-refractivity contribution in [3.05, 3.63) is 52.5 Å². The van der Waals surface area contributed by atoms with E-state index in [2.05, 4.69) is 20.7 Å². The summed E-state index contributed by atoms with van der Waals surface area (Å²) in [5, 5.41) is 0. The first-order valence-corrected chi connectivity index (χ1v) is 11.3. The molecule has 10 heteroatoms. The van der Waals surface area contributed by atoms with Gasteiger partial charge < -0.3 is 14.2 Å². The van der Waals surface area contributed by atoms with Gasteiger partial charge in [-0.1, -0.05) is 29.8 Å². The highest BCUT2D eigenvalue weighted by atomic mass is 79.9. The summed E-state index contributed by atoms with van der Waals surface area (Å²) < 4.78 is 43.8. The van der Waals surface area contributed by atoms with Crippen molar-refractivity contribution in [1.82, 2.24) is 4.72 Å². The molecule has 0 saturated heterocycles. The van der Waals surface area contributed by atoms with E-state index in [1.165, 1.54) is 18.2 Å². The average Bonchev–Trinajstić information content (AvgIpc) is 3.18. The fourth-order valence-electron chi connectivity index (χ4n) is 2.69. The Labute approximate surface area is 182 Å². The molecule has 1 aliphatic heterocycles. The van der Waals surface area contributed by atoms with Crippen LogP contribution in [0.5, 0.6) is 11.5 Å². The standard InChI is InChI=1S/C20H20BrNO7S/c1-12(2)19(22-30(25,26)15-6-4-14(21)5-7-15)20(24)27-10-16(23)13-3-8-17-18(9-13)29-11-28-17/h3-9,12,19,22H,10-11H2,1-2H3/t19-/m0/s1. The van der Waals surface area contributed by atoms with Gasteiger partial charge in [-0.2, -0.15) is 4.72 Å². The normalized spacial score (nSPS) is 13.9. The Morgan fingerprint density at radius 2 is 1.77 bits per heavy atom. The number of halogens is 1. The maximum absolute atomic E-state index is 12.6. The third-order valence-electron chi connectivity index (χ3n) is 4.37. The van der Waals surface area contributed by atoms with E-state index in [1.54, 1.807) is 38.1 Å². The van der Waals surface area contributed by atoms with Gasteiger partial charge in [0, 0.05) is 10.0 Å². The van der Waals surface area contributed by atoms with Gasteiger partial charge in [-0.3, -0.25) is 9.59 Å². The number of fused-ring (bicyclic) bond motifs is 1. The van der Waals surface area contributed by atoms with E-state index in [0.717, 1.165) is 4.47 Å². The molecule has 0 amide bonds. The minimum Gasteiger partial charge on any atom is -0.456 e. The summed E-state index contributed by atoms with van der Waals surface area (Å²) in [7, 11) is -3.95. The molecule has 30 heavy (non-hydrogen) atoms. The first-order valence-electron chi connectivity index (χ1n) is 9.05. The van der Waals surface area contributed by atoms with E-state index >= 15 is 0 Å². The van der Waals surface area contributed by atoms with Crippen LogP contribution in [0.4, 0.5) is 0 Å². The Kier molecular flexibility index (Phi) is 6.79. The van der Waals surface area contributed by atoms with E-state index in [4.69, 9.17) is 14.2 Å². The largest absolute Gasteiger partial charge is 0.456 e. The predicted molar refractivity (Wildman–Crippen MR) is 111 cm³/mol. The summed E-state index contributed by atoms with van der Waals surface area (Å²) >= 11 is 3.24. The number of Topliss-reactive ketones (excluding diaryl/α,β-unsaturated/α-hetero) is 1. The highest BCUT2D eigenvalue weighted by Gasteiger charge is 2.30. The zero-order chi connectivity index (χ0) is 21.9. The first-order chi connectivity index (χ1) is 14.2. The molecule has 2 aromatic rings. The topological polar surface area (TPSA) is 108 Å². The molecule has 0 aliphatic carbocycles. The number of ketones is 1. The maximum atomic E-state index is 12.6. The molecule has 0 aromatic heterocycles. The molecule has 3 rings (SSSR count). The summed E-state index contributed by atoms with van der Waals surface area (Å²) in [5.74, 6) is -0.705. The molecule has 0 fully saturated rings. The van der Waals surface area contributed by atoms with Gasteiger partial charge in [-0.15, -0.1) is 0 Å². The molecule has 160 valence electrons. The molecule has 1 N–H and O–H groups in total. The zero-order valence-corrected chi connectivity index (χ0v) is 18.7. The van der Waals surface area contributed by atoms with Crippen molar-refractivity contribution in [3.63, 3.8) is 0 Å². The lowest BCUT2D eigenvalue weighted by Crippen LogP contribution is -2.45. The predicted octanol–water partition coefficient (Wildman–Crippen LogP) is 2.91. The SMILES string of the molecule is CC(C)[C@H](NS(=O)(=O)c1ccc(Br)cc1)C(=O)OCC(=O)c1ccc2c(c1)OCO2. The quantitative estimate of drug-likeness (QED) is 0.441. The molecule has 0 spiro atoms. The summed E-state index contributed by atoms with van der Waals surface area (Å²) in [6.07, 6.45) is 0. The summed E-state index contributed by atoms with van der Waals surface area (Å²) in [4.78, 5) is 24.9. The second-order valence-corrected chi connectivity index (χ2v) is 9.53. The molecule has 0 radical (unpaired) electrons. The molecule has 0 unspecified atom stereocenters. The molecular weight excluding hydrogens is 478 g/mol. The van der Waals surface area contributed by atoms with E-state index < -0.39 is 40.3 Å². The third-order valence-corrected chi connectivity index (χ3v) is 6.35. The first kappa shape index (κ1) is 22.3. The number of rotatable bonds is 8. The number of nitrogens with one attached hydrogen (secondary N) is 1. The minimum atomic E-state index is -3.95. The highest BCUT2D eigenvalue weighted by molar-refractivity contribution is 9.10. The van der Waals surface area contributed by atoms with Crippen LogP contribution in [0.15, 0.2) is 51.8 Å².